The number of hydrogen-bond acceptors (Lipinski definition) is 7. The first-order valence-electron chi connectivity index (χ1n) is 15.0. The van der Waals surface area contributed by atoms with Gasteiger partial charge in [-0.25, -0.2) is 4.98 Å². The summed E-state index contributed by atoms with van der Waals surface area (Å²) in [5, 5.41) is 21.4. The number of carbonyl (C=O) groups excluding carboxylic acids is 1. The van der Waals surface area contributed by atoms with Gasteiger partial charge in [-0.05, 0) is 80.0 Å². The number of aromatic amines is 1. The van der Waals surface area contributed by atoms with Gasteiger partial charge in [-0.1, -0.05) is 18.2 Å². The fourth-order valence-electron chi connectivity index (χ4n) is 8.27. The van der Waals surface area contributed by atoms with Gasteiger partial charge in [0.15, 0.2) is 0 Å². The second kappa shape index (κ2) is 9.71. The number of para-hydroxylation sites is 2. The van der Waals surface area contributed by atoms with E-state index in [-0.39, 0.29) is 52.2 Å². The van der Waals surface area contributed by atoms with Crippen LogP contribution in [0.1, 0.15) is 54.7 Å². The molecule has 2 saturated heterocycles. The number of carbonyl (C=O) groups is 1. The fraction of sp³-hybridized carbons (Fsp3) is 0.406. The third kappa shape index (κ3) is 3.96. The van der Waals surface area contributed by atoms with Crippen molar-refractivity contribution in [2.45, 2.75) is 56.7 Å². The average Bonchev–Trinajstić information content (AvgIpc) is 3.45. The van der Waals surface area contributed by atoms with Crippen LogP contribution in [-0.4, -0.2) is 49.7 Å². The fourth-order valence-corrected chi connectivity index (χ4v) is 8.27. The van der Waals surface area contributed by atoms with Crippen molar-refractivity contribution in [3.63, 3.8) is 0 Å². The topological polar surface area (TPSA) is 121 Å². The van der Waals surface area contributed by atoms with Crippen LogP contribution in [0.15, 0.2) is 65.5 Å². The Morgan fingerprint density at radius 1 is 1.07 bits per heavy atom. The molecule has 216 valence electrons. The molecule has 10 heteroatoms. The van der Waals surface area contributed by atoms with Crippen molar-refractivity contribution in [3.05, 3.63) is 93.3 Å². The van der Waals surface area contributed by atoms with Crippen LogP contribution in [0.25, 0.3) is 11.0 Å². The van der Waals surface area contributed by atoms with Crippen molar-refractivity contribution in [3.8, 4) is 0 Å². The molecule has 0 spiro atoms. The molecule has 5 atom stereocenters. The lowest BCUT2D eigenvalue weighted by Crippen LogP contribution is -2.61. The Balaban J connectivity index is 1.20. The van der Waals surface area contributed by atoms with Crippen LogP contribution < -0.4 is 15.7 Å². The number of pyridine rings is 1. The molecule has 10 nitrogen and oxygen atoms in total. The second-order valence-electron chi connectivity index (χ2n) is 12.3. The predicted octanol–water partition coefficient (Wildman–Crippen LogP) is 4.34. The number of hydrogen-bond donors (Lipinski definition) is 2. The van der Waals surface area contributed by atoms with Gasteiger partial charge in [0.05, 0.1) is 28.7 Å². The van der Waals surface area contributed by atoms with E-state index < -0.39 is 0 Å². The molecule has 6 heterocycles. The number of likely N-dealkylation sites (tertiary alicyclic amines) is 1. The molecule has 4 aliphatic heterocycles. The van der Waals surface area contributed by atoms with E-state index in [4.69, 9.17) is 4.98 Å². The lowest BCUT2D eigenvalue weighted by Gasteiger charge is -2.55. The molecule has 0 saturated carbocycles. The maximum absolute atomic E-state index is 14.8. The highest BCUT2D eigenvalue weighted by Gasteiger charge is 2.50. The Labute approximate surface area is 242 Å². The van der Waals surface area contributed by atoms with Gasteiger partial charge in [0.2, 0.25) is 5.91 Å². The summed E-state index contributed by atoms with van der Waals surface area (Å²) in [5.74, 6) is 0.856. The molecule has 8 rings (SSSR count). The number of piperidine rings is 2. The quantitative estimate of drug-likeness (QED) is 0.355. The van der Waals surface area contributed by atoms with Crippen LogP contribution >= 0.6 is 0 Å². The number of rotatable bonds is 3. The van der Waals surface area contributed by atoms with Gasteiger partial charge in [-0.15, -0.1) is 0 Å². The Morgan fingerprint density at radius 2 is 1.95 bits per heavy atom. The molecule has 2 aromatic carbocycles. The summed E-state index contributed by atoms with van der Waals surface area (Å²) in [6, 6.07) is 18.5. The Bertz CT molecular complexity index is 1710. The van der Waals surface area contributed by atoms with Gasteiger partial charge in [-0.2, -0.15) is 0 Å². The number of amides is 1. The number of fused-ring (bicyclic) bond motifs is 9. The highest BCUT2D eigenvalue weighted by Crippen LogP contribution is 2.48. The molecule has 2 fully saturated rings. The van der Waals surface area contributed by atoms with Crippen LogP contribution in [0, 0.1) is 17.0 Å². The maximum atomic E-state index is 14.8. The van der Waals surface area contributed by atoms with E-state index in [1.165, 1.54) is 0 Å². The third-order valence-electron chi connectivity index (χ3n) is 10.0. The lowest BCUT2D eigenvalue weighted by molar-refractivity contribution is -0.141. The monoisotopic (exact) mass is 565 g/mol. The van der Waals surface area contributed by atoms with Crippen LogP contribution in [0.2, 0.25) is 0 Å². The maximum Gasteiger partial charge on any atom is 0.250 e. The van der Waals surface area contributed by atoms with E-state index in [1.54, 1.807) is 18.2 Å². The largest absolute Gasteiger partial charge is 0.733 e. The number of anilines is 2. The predicted molar refractivity (Wildman–Crippen MR) is 158 cm³/mol. The van der Waals surface area contributed by atoms with E-state index in [0.29, 0.717) is 26.1 Å². The van der Waals surface area contributed by atoms with Crippen LogP contribution in [0.3, 0.4) is 0 Å². The van der Waals surface area contributed by atoms with Crippen molar-refractivity contribution in [2.24, 2.45) is 11.8 Å². The second-order valence-corrected chi connectivity index (χ2v) is 12.3. The molecule has 3 unspecified atom stereocenters. The molecule has 2 aromatic heterocycles. The summed E-state index contributed by atoms with van der Waals surface area (Å²) in [6.45, 7) is 1.94. The zero-order valence-electron chi connectivity index (χ0n) is 23.2. The summed E-state index contributed by atoms with van der Waals surface area (Å²) in [4.78, 5) is 40.4. The molecule has 2 N–H and O–H groups in total. The molecule has 2 bridgehead atoms. The van der Waals surface area contributed by atoms with Crippen molar-refractivity contribution >= 4 is 28.3 Å². The SMILES string of the molecule is O=C([C@@H]1Cc2cc(N([O-])O)ccc2N2CC3CC(Cn4c3cccc4=O)[C@@H]12)N1CCCCC1c1nc2ccccc2[nH]1. The zero-order valence-corrected chi connectivity index (χ0v) is 23.2. The molecular weight excluding hydrogens is 532 g/mol. The van der Waals surface area contributed by atoms with E-state index in [1.807, 2.05) is 51.9 Å². The van der Waals surface area contributed by atoms with Crippen molar-refractivity contribution in [2.75, 3.05) is 23.2 Å². The normalized spacial score (nSPS) is 26.4. The number of imidazole rings is 1. The van der Waals surface area contributed by atoms with Crippen molar-refractivity contribution in [1.29, 1.82) is 0 Å². The van der Waals surface area contributed by atoms with Crippen molar-refractivity contribution < 1.29 is 10.0 Å². The van der Waals surface area contributed by atoms with Crippen LogP contribution in [0.5, 0.6) is 0 Å². The minimum Gasteiger partial charge on any atom is -0.733 e. The molecule has 4 aromatic rings. The summed E-state index contributed by atoms with van der Waals surface area (Å²) < 4.78 is 1.91. The molecule has 0 radical (unpaired) electrons. The first kappa shape index (κ1) is 25.6. The number of H-pyrrole nitrogens is 1. The zero-order chi connectivity index (χ0) is 28.5. The van der Waals surface area contributed by atoms with Gasteiger partial charge >= 0.3 is 0 Å². The van der Waals surface area contributed by atoms with Gasteiger partial charge in [0, 0.05) is 49.0 Å². The highest BCUT2D eigenvalue weighted by atomic mass is 16.8. The Morgan fingerprint density at radius 3 is 2.81 bits per heavy atom. The Hall–Kier alpha value is -4.15. The smallest absolute Gasteiger partial charge is 0.250 e. The minimum atomic E-state index is -0.358. The van der Waals surface area contributed by atoms with Crippen molar-refractivity contribution in [1.82, 2.24) is 19.4 Å². The van der Waals surface area contributed by atoms with Gasteiger partial charge < -0.3 is 29.8 Å². The summed E-state index contributed by atoms with van der Waals surface area (Å²) in [6.07, 6.45) is 4.21. The summed E-state index contributed by atoms with van der Waals surface area (Å²) in [7, 11) is 0. The van der Waals surface area contributed by atoms with Gasteiger partial charge in [0.1, 0.15) is 5.82 Å². The van der Waals surface area contributed by atoms with Gasteiger partial charge in [-0.3, -0.25) is 14.8 Å². The number of nitrogens with zero attached hydrogens (tertiary/aromatic N) is 5. The molecule has 0 aliphatic carbocycles. The van der Waals surface area contributed by atoms with Gasteiger partial charge in [0.25, 0.3) is 5.56 Å². The number of benzene rings is 2. The minimum absolute atomic E-state index is 0.0128. The Kier molecular flexibility index (Phi) is 5.91. The van der Waals surface area contributed by atoms with Crippen LogP contribution in [-0.2, 0) is 17.8 Å². The number of nitrogens with one attached hydrogen (secondary N) is 1. The lowest BCUT2D eigenvalue weighted by atomic mass is 9.69. The standard InChI is InChI=1S/C32H33N6O4/c39-29-10-5-9-26-20-14-21(18-36(26)29)30-23(16-19-15-22(38(41)42)11-12-27(19)37(30)17-20)32(40)35-13-4-3-8-28(35)31-33-24-6-1-2-7-25(24)34-31/h1-2,5-7,9-12,15,20-21,23,28,30,41H,3-4,8,13-14,16-18H2,(H,33,34)/q-1/t20?,21?,23-,28?,30+/m1/s1. The molecule has 1 amide bonds. The molecule has 42 heavy (non-hydrogen) atoms. The van der Waals surface area contributed by atoms with E-state index in [2.05, 4.69) is 9.88 Å². The first-order valence-corrected chi connectivity index (χ1v) is 15.0. The average molecular weight is 566 g/mol. The molecule has 4 aliphatic rings. The van der Waals surface area contributed by atoms with E-state index in [9.17, 15) is 20.0 Å². The van der Waals surface area contributed by atoms with E-state index in [0.717, 1.165) is 59.5 Å². The number of aromatic nitrogens is 3. The molecular formula is C32H33N6O4-. The highest BCUT2D eigenvalue weighted by molar-refractivity contribution is 5.83. The summed E-state index contributed by atoms with van der Waals surface area (Å²) in [5.41, 5.74) is 4.97. The first-order chi connectivity index (χ1) is 20.5. The van der Waals surface area contributed by atoms with Crippen LogP contribution in [0.4, 0.5) is 11.4 Å². The third-order valence-corrected chi connectivity index (χ3v) is 10.0. The van der Waals surface area contributed by atoms with E-state index >= 15 is 0 Å². The summed E-state index contributed by atoms with van der Waals surface area (Å²) >= 11 is 0.